The Balaban J connectivity index is 1.28. The fraction of sp³-hybridized carbons (Fsp3) is 0.211. The molecule has 132 valence electrons. The molecule has 0 atom stereocenters. The molecule has 0 radical (unpaired) electrons. The summed E-state index contributed by atoms with van der Waals surface area (Å²) in [6, 6.07) is 18.6. The third kappa shape index (κ3) is 4.62. The summed E-state index contributed by atoms with van der Waals surface area (Å²) in [4.78, 5) is 12.1. The third-order valence-electron chi connectivity index (χ3n) is 3.91. The highest BCUT2D eigenvalue weighted by Gasteiger charge is 2.22. The van der Waals surface area contributed by atoms with Gasteiger partial charge in [0.15, 0.2) is 4.34 Å². The molecule has 0 saturated heterocycles. The van der Waals surface area contributed by atoms with Crippen molar-refractivity contribution >= 4 is 39.8 Å². The van der Waals surface area contributed by atoms with Gasteiger partial charge in [0.25, 0.3) is 0 Å². The Bertz CT molecular complexity index is 876. The summed E-state index contributed by atoms with van der Waals surface area (Å²) in [5, 5.41) is 15.3. The number of hydrogen-bond acceptors (Lipinski definition) is 6. The van der Waals surface area contributed by atoms with Crippen LogP contribution in [0.2, 0.25) is 0 Å². The number of aromatic nitrogens is 2. The first kappa shape index (κ1) is 17.1. The number of nitrogens with zero attached hydrogens (tertiary/aromatic N) is 2. The normalized spacial score (nSPS) is 13.4. The van der Waals surface area contributed by atoms with Gasteiger partial charge >= 0.3 is 0 Å². The molecular formula is C19H18N4OS2. The minimum Gasteiger partial charge on any atom is -0.357 e. The highest BCUT2D eigenvalue weighted by molar-refractivity contribution is 8.01. The summed E-state index contributed by atoms with van der Waals surface area (Å²) in [5.41, 5.74) is 3.08. The first-order valence-electron chi connectivity index (χ1n) is 8.44. The molecule has 1 fully saturated rings. The van der Waals surface area contributed by atoms with Gasteiger partial charge in [0.05, 0.1) is 5.75 Å². The molecule has 26 heavy (non-hydrogen) atoms. The van der Waals surface area contributed by atoms with Gasteiger partial charge < -0.3 is 10.6 Å². The van der Waals surface area contributed by atoms with E-state index in [0.717, 1.165) is 26.3 Å². The van der Waals surface area contributed by atoms with E-state index < -0.39 is 0 Å². The standard InChI is InChI=1S/C19H18N4OS2/c24-17(12-25-19-23-22-18(26-19)21-16-10-11-16)20-15-8-6-14(7-9-15)13-4-2-1-3-5-13/h1-9,16H,10-12H2,(H,20,24)(H,21,22). The zero-order chi connectivity index (χ0) is 17.8. The van der Waals surface area contributed by atoms with Gasteiger partial charge in [-0.25, -0.2) is 0 Å². The fourth-order valence-corrected chi connectivity index (χ4v) is 4.06. The van der Waals surface area contributed by atoms with Crippen LogP contribution in [0, 0.1) is 0 Å². The Morgan fingerprint density at radius 1 is 1.04 bits per heavy atom. The Hall–Kier alpha value is -2.38. The number of nitrogens with one attached hydrogen (secondary N) is 2. The van der Waals surface area contributed by atoms with E-state index in [9.17, 15) is 4.79 Å². The highest BCUT2D eigenvalue weighted by Crippen LogP contribution is 2.30. The van der Waals surface area contributed by atoms with Crippen LogP contribution in [0.1, 0.15) is 12.8 Å². The third-order valence-corrected chi connectivity index (χ3v) is 5.90. The number of amides is 1. The lowest BCUT2D eigenvalue weighted by atomic mass is 10.1. The summed E-state index contributed by atoms with van der Waals surface area (Å²) in [7, 11) is 0. The lowest BCUT2D eigenvalue weighted by molar-refractivity contribution is -0.113. The maximum absolute atomic E-state index is 12.1. The van der Waals surface area contributed by atoms with Crippen molar-refractivity contribution in [3.63, 3.8) is 0 Å². The molecule has 0 bridgehead atoms. The first-order chi connectivity index (χ1) is 12.8. The molecule has 5 nitrogen and oxygen atoms in total. The van der Waals surface area contributed by atoms with Crippen LogP contribution in [0.25, 0.3) is 11.1 Å². The van der Waals surface area contributed by atoms with Crippen molar-refractivity contribution in [1.82, 2.24) is 10.2 Å². The van der Waals surface area contributed by atoms with E-state index in [1.807, 2.05) is 42.5 Å². The van der Waals surface area contributed by atoms with E-state index in [-0.39, 0.29) is 5.91 Å². The van der Waals surface area contributed by atoms with E-state index in [2.05, 4.69) is 33.0 Å². The lowest BCUT2D eigenvalue weighted by Gasteiger charge is -2.06. The fourth-order valence-electron chi connectivity index (χ4n) is 2.43. The molecule has 1 aromatic heterocycles. The molecule has 7 heteroatoms. The second-order valence-electron chi connectivity index (χ2n) is 6.07. The van der Waals surface area contributed by atoms with Gasteiger partial charge in [-0.05, 0) is 36.1 Å². The van der Waals surface area contributed by atoms with Crippen molar-refractivity contribution in [2.24, 2.45) is 0 Å². The molecule has 1 amide bonds. The largest absolute Gasteiger partial charge is 0.357 e. The molecule has 1 aliphatic rings. The zero-order valence-electron chi connectivity index (χ0n) is 14.0. The van der Waals surface area contributed by atoms with Gasteiger partial charge in [0.1, 0.15) is 0 Å². The van der Waals surface area contributed by atoms with Crippen LogP contribution in [0.5, 0.6) is 0 Å². The molecule has 4 rings (SSSR count). The topological polar surface area (TPSA) is 66.9 Å². The number of rotatable bonds is 7. The van der Waals surface area contributed by atoms with Crippen molar-refractivity contribution in [3.05, 3.63) is 54.6 Å². The van der Waals surface area contributed by atoms with Gasteiger partial charge in [-0.3, -0.25) is 4.79 Å². The van der Waals surface area contributed by atoms with Crippen molar-refractivity contribution in [2.75, 3.05) is 16.4 Å². The SMILES string of the molecule is O=C(CSc1nnc(NC2CC2)s1)Nc1ccc(-c2ccccc2)cc1. The van der Waals surface area contributed by atoms with Crippen LogP contribution in [0.3, 0.4) is 0 Å². The molecule has 1 saturated carbocycles. The summed E-state index contributed by atoms with van der Waals surface area (Å²) in [5.74, 6) is 0.271. The minimum atomic E-state index is -0.0469. The highest BCUT2D eigenvalue weighted by atomic mass is 32.2. The van der Waals surface area contributed by atoms with Crippen LogP contribution in [0.15, 0.2) is 58.9 Å². The van der Waals surface area contributed by atoms with Crippen LogP contribution in [-0.4, -0.2) is 27.9 Å². The Morgan fingerprint density at radius 2 is 1.77 bits per heavy atom. The predicted molar refractivity (Wildman–Crippen MR) is 108 cm³/mol. The van der Waals surface area contributed by atoms with E-state index >= 15 is 0 Å². The van der Waals surface area contributed by atoms with Gasteiger partial charge in [0, 0.05) is 11.7 Å². The average Bonchev–Trinajstić information content (AvgIpc) is 3.37. The van der Waals surface area contributed by atoms with Crippen molar-refractivity contribution in [3.8, 4) is 11.1 Å². The lowest BCUT2D eigenvalue weighted by Crippen LogP contribution is -2.13. The van der Waals surface area contributed by atoms with Gasteiger partial charge in [-0.1, -0.05) is 65.6 Å². The second-order valence-corrected chi connectivity index (χ2v) is 8.27. The van der Waals surface area contributed by atoms with E-state index in [4.69, 9.17) is 0 Å². The number of hydrogen-bond donors (Lipinski definition) is 2. The van der Waals surface area contributed by atoms with Crippen LogP contribution in [-0.2, 0) is 4.79 Å². The molecule has 0 unspecified atom stereocenters. The Morgan fingerprint density at radius 3 is 2.50 bits per heavy atom. The first-order valence-corrected chi connectivity index (χ1v) is 10.2. The molecular weight excluding hydrogens is 364 g/mol. The van der Waals surface area contributed by atoms with Crippen LogP contribution < -0.4 is 10.6 Å². The number of carbonyl (C=O) groups excluding carboxylic acids is 1. The molecule has 3 aromatic rings. The number of benzene rings is 2. The van der Waals surface area contributed by atoms with Crippen LogP contribution in [0.4, 0.5) is 10.8 Å². The quantitative estimate of drug-likeness (QED) is 0.589. The minimum absolute atomic E-state index is 0.0469. The zero-order valence-corrected chi connectivity index (χ0v) is 15.6. The van der Waals surface area contributed by atoms with Gasteiger partial charge in [-0.2, -0.15) is 0 Å². The van der Waals surface area contributed by atoms with Crippen molar-refractivity contribution in [2.45, 2.75) is 23.2 Å². The van der Waals surface area contributed by atoms with Crippen molar-refractivity contribution in [1.29, 1.82) is 0 Å². The molecule has 2 aromatic carbocycles. The number of carbonyl (C=O) groups is 1. The molecule has 0 aliphatic heterocycles. The maximum atomic E-state index is 12.1. The van der Waals surface area contributed by atoms with E-state index in [0.29, 0.717) is 11.8 Å². The average molecular weight is 383 g/mol. The molecule has 1 heterocycles. The maximum Gasteiger partial charge on any atom is 0.234 e. The monoisotopic (exact) mass is 382 g/mol. The van der Waals surface area contributed by atoms with E-state index in [1.54, 1.807) is 0 Å². The van der Waals surface area contributed by atoms with Crippen molar-refractivity contribution < 1.29 is 4.79 Å². The van der Waals surface area contributed by atoms with E-state index in [1.165, 1.54) is 35.9 Å². The van der Waals surface area contributed by atoms with Crippen LogP contribution >= 0.6 is 23.1 Å². The second kappa shape index (κ2) is 7.88. The smallest absolute Gasteiger partial charge is 0.234 e. The Kier molecular flexibility index (Phi) is 5.17. The molecule has 2 N–H and O–H groups in total. The number of thioether (sulfide) groups is 1. The van der Waals surface area contributed by atoms with Gasteiger partial charge in [-0.15, -0.1) is 10.2 Å². The number of anilines is 2. The summed E-state index contributed by atoms with van der Waals surface area (Å²) in [6.45, 7) is 0. The van der Waals surface area contributed by atoms with Gasteiger partial charge in [0.2, 0.25) is 11.0 Å². The summed E-state index contributed by atoms with van der Waals surface area (Å²) >= 11 is 2.91. The molecule has 0 spiro atoms. The molecule has 1 aliphatic carbocycles. The summed E-state index contributed by atoms with van der Waals surface area (Å²) in [6.07, 6.45) is 2.40. The summed E-state index contributed by atoms with van der Waals surface area (Å²) < 4.78 is 0.808. The predicted octanol–water partition coefficient (Wildman–Crippen LogP) is 4.51. The Labute approximate surface area is 160 Å².